The van der Waals surface area contributed by atoms with Crippen LogP contribution in [0.15, 0.2) is 12.2 Å². The minimum absolute atomic E-state index is 0.757. The van der Waals surface area contributed by atoms with Gasteiger partial charge in [0.05, 0.1) is 0 Å². The van der Waals surface area contributed by atoms with Crippen LogP contribution in [0.3, 0.4) is 0 Å². The topological polar surface area (TPSA) is 12.0 Å². The Hall–Kier alpha value is -0.300. The lowest BCUT2D eigenvalue weighted by Crippen LogP contribution is -2.43. The second-order valence-corrected chi connectivity index (χ2v) is 4.87. The van der Waals surface area contributed by atoms with E-state index in [9.17, 15) is 0 Å². The van der Waals surface area contributed by atoms with Crippen molar-refractivity contribution in [1.29, 1.82) is 0 Å². The summed E-state index contributed by atoms with van der Waals surface area (Å²) in [5.74, 6) is 0.948. The molecule has 1 saturated carbocycles. The maximum atomic E-state index is 3.86. The van der Waals surface area contributed by atoms with Crippen molar-refractivity contribution in [3.8, 4) is 0 Å². The lowest BCUT2D eigenvalue weighted by molar-refractivity contribution is 0.238. The molecule has 0 aromatic rings. The molecule has 0 amide bonds. The molecule has 2 aliphatic carbocycles. The fourth-order valence-electron chi connectivity index (χ4n) is 2.97. The smallest absolute Gasteiger partial charge is 0.0139 e. The summed E-state index contributed by atoms with van der Waals surface area (Å²) in [6.07, 6.45) is 14.3. The first-order valence-electron chi connectivity index (χ1n) is 6.31. The number of hydrogen-bond donors (Lipinski definition) is 1. The van der Waals surface area contributed by atoms with Crippen LogP contribution >= 0.6 is 0 Å². The van der Waals surface area contributed by atoms with Crippen LogP contribution in [-0.2, 0) is 0 Å². The molecular formula is C13H23N. The van der Waals surface area contributed by atoms with Crippen LogP contribution in [-0.4, -0.2) is 12.1 Å². The monoisotopic (exact) mass is 193 g/mol. The Bertz CT molecular complexity index is 189. The maximum absolute atomic E-state index is 3.86. The number of rotatable bonds is 3. The molecule has 0 bridgehead atoms. The van der Waals surface area contributed by atoms with Crippen molar-refractivity contribution >= 4 is 0 Å². The van der Waals surface area contributed by atoms with Crippen LogP contribution in [0.4, 0.5) is 0 Å². The highest BCUT2D eigenvalue weighted by Crippen LogP contribution is 2.28. The van der Waals surface area contributed by atoms with Crippen molar-refractivity contribution in [3.63, 3.8) is 0 Å². The molecular weight excluding hydrogens is 170 g/mol. The Morgan fingerprint density at radius 2 is 1.86 bits per heavy atom. The van der Waals surface area contributed by atoms with Gasteiger partial charge in [0.25, 0.3) is 0 Å². The fraction of sp³-hybridized carbons (Fsp3) is 0.846. The molecule has 80 valence electrons. The molecule has 0 heterocycles. The number of nitrogens with one attached hydrogen (secondary N) is 1. The summed E-state index contributed by atoms with van der Waals surface area (Å²) < 4.78 is 0. The first kappa shape index (κ1) is 10.2. The summed E-state index contributed by atoms with van der Waals surface area (Å²) in [6.45, 7) is 2.34. The van der Waals surface area contributed by atoms with Crippen molar-refractivity contribution < 1.29 is 0 Å². The third-order valence-electron chi connectivity index (χ3n) is 3.89. The summed E-state index contributed by atoms with van der Waals surface area (Å²) >= 11 is 0. The van der Waals surface area contributed by atoms with Gasteiger partial charge in [0, 0.05) is 12.1 Å². The molecule has 0 spiro atoms. The first-order valence-corrected chi connectivity index (χ1v) is 6.31. The fourth-order valence-corrected chi connectivity index (χ4v) is 2.97. The summed E-state index contributed by atoms with van der Waals surface area (Å²) in [5.41, 5.74) is 0. The third kappa shape index (κ3) is 2.38. The summed E-state index contributed by atoms with van der Waals surface area (Å²) in [6, 6.07) is 1.57. The average molecular weight is 193 g/mol. The van der Waals surface area contributed by atoms with E-state index >= 15 is 0 Å². The molecule has 0 saturated heterocycles. The van der Waals surface area contributed by atoms with E-state index in [0.29, 0.717) is 0 Å². The van der Waals surface area contributed by atoms with Gasteiger partial charge in [0.2, 0.25) is 0 Å². The van der Waals surface area contributed by atoms with Gasteiger partial charge in [0.15, 0.2) is 0 Å². The highest BCUT2D eigenvalue weighted by Gasteiger charge is 2.25. The Kier molecular flexibility index (Phi) is 3.63. The standard InChI is InChI=1S/C13H23N/c1-2-11-7-3-6-10-13(11)14-12-8-4-5-9-12/h4-5,11-14H,2-3,6-10H2,1H3. The molecule has 2 unspecified atom stereocenters. The van der Waals surface area contributed by atoms with Gasteiger partial charge in [-0.3, -0.25) is 0 Å². The SMILES string of the molecule is CCC1CCCCC1NC1CC=CC1. The van der Waals surface area contributed by atoms with E-state index < -0.39 is 0 Å². The molecule has 2 atom stereocenters. The molecule has 2 rings (SSSR count). The van der Waals surface area contributed by atoms with Crippen LogP contribution in [0.5, 0.6) is 0 Å². The molecule has 0 radical (unpaired) electrons. The van der Waals surface area contributed by atoms with Gasteiger partial charge >= 0.3 is 0 Å². The van der Waals surface area contributed by atoms with E-state index in [1.54, 1.807) is 0 Å². The van der Waals surface area contributed by atoms with E-state index in [-0.39, 0.29) is 0 Å². The van der Waals surface area contributed by atoms with Crippen molar-refractivity contribution in [2.45, 2.75) is 64.0 Å². The Balaban J connectivity index is 1.81. The quantitative estimate of drug-likeness (QED) is 0.678. The normalized spacial score (nSPS) is 33.8. The Morgan fingerprint density at radius 3 is 2.57 bits per heavy atom. The van der Waals surface area contributed by atoms with Gasteiger partial charge in [-0.05, 0) is 31.6 Å². The van der Waals surface area contributed by atoms with Gasteiger partial charge < -0.3 is 5.32 Å². The minimum atomic E-state index is 0.757. The summed E-state index contributed by atoms with van der Waals surface area (Å²) in [5, 5.41) is 3.86. The predicted molar refractivity (Wildman–Crippen MR) is 61.3 cm³/mol. The molecule has 1 fully saturated rings. The van der Waals surface area contributed by atoms with Crippen LogP contribution in [0.25, 0.3) is 0 Å². The summed E-state index contributed by atoms with van der Waals surface area (Å²) in [4.78, 5) is 0. The van der Waals surface area contributed by atoms with E-state index in [0.717, 1.165) is 18.0 Å². The molecule has 0 aliphatic heterocycles. The molecule has 0 aromatic heterocycles. The minimum Gasteiger partial charge on any atom is -0.310 e. The molecule has 2 aliphatic rings. The van der Waals surface area contributed by atoms with Crippen molar-refractivity contribution in [3.05, 3.63) is 12.2 Å². The highest BCUT2D eigenvalue weighted by atomic mass is 15.0. The van der Waals surface area contributed by atoms with Gasteiger partial charge in [-0.25, -0.2) is 0 Å². The van der Waals surface area contributed by atoms with Crippen molar-refractivity contribution in [1.82, 2.24) is 5.32 Å². The zero-order valence-electron chi connectivity index (χ0n) is 9.34. The second-order valence-electron chi connectivity index (χ2n) is 4.87. The van der Waals surface area contributed by atoms with Crippen LogP contribution in [0.1, 0.15) is 51.9 Å². The molecule has 1 heteroatoms. The van der Waals surface area contributed by atoms with Gasteiger partial charge in [-0.15, -0.1) is 0 Å². The zero-order valence-corrected chi connectivity index (χ0v) is 9.34. The lowest BCUT2D eigenvalue weighted by Gasteiger charge is -2.33. The molecule has 14 heavy (non-hydrogen) atoms. The molecule has 1 N–H and O–H groups in total. The predicted octanol–water partition coefficient (Wildman–Crippen LogP) is 3.26. The lowest BCUT2D eigenvalue weighted by atomic mass is 9.82. The molecule has 1 nitrogen and oxygen atoms in total. The van der Waals surface area contributed by atoms with E-state index in [2.05, 4.69) is 24.4 Å². The largest absolute Gasteiger partial charge is 0.310 e. The van der Waals surface area contributed by atoms with Crippen LogP contribution in [0.2, 0.25) is 0 Å². The van der Waals surface area contributed by atoms with Crippen LogP contribution < -0.4 is 5.32 Å². The van der Waals surface area contributed by atoms with E-state index in [1.807, 2.05) is 0 Å². The number of hydrogen-bond acceptors (Lipinski definition) is 1. The van der Waals surface area contributed by atoms with Crippen molar-refractivity contribution in [2.24, 2.45) is 5.92 Å². The van der Waals surface area contributed by atoms with Gasteiger partial charge in [0.1, 0.15) is 0 Å². The maximum Gasteiger partial charge on any atom is 0.0139 e. The Morgan fingerprint density at radius 1 is 1.14 bits per heavy atom. The first-order chi connectivity index (χ1) is 6.90. The van der Waals surface area contributed by atoms with E-state index in [1.165, 1.54) is 44.9 Å². The van der Waals surface area contributed by atoms with Gasteiger partial charge in [-0.1, -0.05) is 38.3 Å². The Labute approximate surface area is 88.0 Å². The third-order valence-corrected chi connectivity index (χ3v) is 3.89. The van der Waals surface area contributed by atoms with Crippen LogP contribution in [0, 0.1) is 5.92 Å². The van der Waals surface area contributed by atoms with E-state index in [4.69, 9.17) is 0 Å². The second kappa shape index (κ2) is 4.97. The highest BCUT2D eigenvalue weighted by molar-refractivity contribution is 4.99. The molecule has 0 aromatic carbocycles. The van der Waals surface area contributed by atoms with Crippen molar-refractivity contribution in [2.75, 3.05) is 0 Å². The average Bonchev–Trinajstić information content (AvgIpc) is 2.71. The van der Waals surface area contributed by atoms with Gasteiger partial charge in [-0.2, -0.15) is 0 Å². The zero-order chi connectivity index (χ0) is 9.80. The summed E-state index contributed by atoms with van der Waals surface area (Å²) in [7, 11) is 0.